The Kier molecular flexibility index (Phi) is 1.79. The molecule has 3 rings (SSSR count). The summed E-state index contributed by atoms with van der Waals surface area (Å²) in [6, 6.07) is 0. The molecule has 0 aromatic carbocycles. The van der Waals surface area contributed by atoms with E-state index in [9.17, 15) is 0 Å². The van der Waals surface area contributed by atoms with E-state index in [0.29, 0.717) is 11.6 Å². The van der Waals surface area contributed by atoms with Crippen LogP contribution in [0.2, 0.25) is 0 Å². The summed E-state index contributed by atoms with van der Waals surface area (Å²) in [5.74, 6) is 0. The molecule has 14 heavy (non-hydrogen) atoms. The fourth-order valence-electron chi connectivity index (χ4n) is 3.24. The van der Waals surface area contributed by atoms with Gasteiger partial charge in [0, 0.05) is 18.6 Å². The maximum absolute atomic E-state index is 5.83. The fraction of sp³-hybridized carbons (Fsp3) is 1.00. The molecule has 1 unspecified atom stereocenters. The molecular weight excluding hydrogens is 174 g/mol. The maximum Gasteiger partial charge on any atom is 0.0654 e. The minimum Gasteiger partial charge on any atom is -0.377 e. The number of ether oxygens (including phenoxy) is 1. The zero-order chi connectivity index (χ0) is 9.81. The summed E-state index contributed by atoms with van der Waals surface area (Å²) in [6.45, 7) is 7.95. The first kappa shape index (κ1) is 9.17. The first-order chi connectivity index (χ1) is 6.64. The number of hydrogen-bond donors (Lipinski definition) is 0. The van der Waals surface area contributed by atoms with Gasteiger partial charge in [-0.3, -0.25) is 4.90 Å². The highest BCUT2D eigenvalue weighted by Crippen LogP contribution is 2.61. The number of nitrogens with zero attached hydrogens (tertiary/aromatic N) is 1. The lowest BCUT2D eigenvalue weighted by Crippen LogP contribution is -2.58. The molecule has 0 aromatic rings. The van der Waals surface area contributed by atoms with E-state index in [1.807, 2.05) is 0 Å². The molecule has 3 fully saturated rings. The van der Waals surface area contributed by atoms with Gasteiger partial charge in [0.2, 0.25) is 0 Å². The highest BCUT2D eigenvalue weighted by atomic mass is 16.5. The molecule has 2 heteroatoms. The van der Waals surface area contributed by atoms with Crippen molar-refractivity contribution in [2.24, 2.45) is 5.41 Å². The standard InChI is InChI=1S/C12H21NO/c1-10(2)14-9-12-5-6-13(12)8-11(7-12)3-4-11/h10H,3-9H2,1-2H3. The molecule has 1 atom stereocenters. The molecule has 0 bridgehead atoms. The van der Waals surface area contributed by atoms with Crippen molar-refractivity contribution < 1.29 is 4.74 Å². The first-order valence-electron chi connectivity index (χ1n) is 6.01. The van der Waals surface area contributed by atoms with Crippen molar-refractivity contribution in [1.82, 2.24) is 4.90 Å². The smallest absolute Gasteiger partial charge is 0.0654 e. The summed E-state index contributed by atoms with van der Waals surface area (Å²) in [4.78, 5) is 2.68. The Balaban J connectivity index is 1.65. The zero-order valence-corrected chi connectivity index (χ0v) is 9.38. The Hall–Kier alpha value is -0.0800. The molecule has 2 heterocycles. The van der Waals surface area contributed by atoms with Crippen LogP contribution < -0.4 is 0 Å². The highest BCUT2D eigenvalue weighted by Gasteiger charge is 2.62. The molecule has 0 amide bonds. The maximum atomic E-state index is 5.83. The quantitative estimate of drug-likeness (QED) is 0.683. The van der Waals surface area contributed by atoms with E-state index in [1.165, 1.54) is 38.8 Å². The van der Waals surface area contributed by atoms with Gasteiger partial charge < -0.3 is 4.74 Å². The van der Waals surface area contributed by atoms with E-state index in [1.54, 1.807) is 0 Å². The molecule has 0 aromatic heterocycles. The van der Waals surface area contributed by atoms with Crippen LogP contribution >= 0.6 is 0 Å². The van der Waals surface area contributed by atoms with E-state index in [2.05, 4.69) is 18.7 Å². The number of hydrogen-bond acceptors (Lipinski definition) is 2. The molecule has 0 N–H and O–H groups in total. The lowest BCUT2D eigenvalue weighted by molar-refractivity contribution is -0.0648. The van der Waals surface area contributed by atoms with Crippen molar-refractivity contribution in [3.63, 3.8) is 0 Å². The highest BCUT2D eigenvalue weighted by molar-refractivity contribution is 5.16. The molecule has 2 saturated heterocycles. The minimum atomic E-state index is 0.391. The lowest BCUT2D eigenvalue weighted by Gasteiger charge is -2.48. The van der Waals surface area contributed by atoms with Gasteiger partial charge in [0.25, 0.3) is 0 Å². The van der Waals surface area contributed by atoms with Gasteiger partial charge in [-0.25, -0.2) is 0 Å². The van der Waals surface area contributed by atoms with Crippen molar-refractivity contribution in [1.29, 1.82) is 0 Å². The van der Waals surface area contributed by atoms with Gasteiger partial charge in [-0.15, -0.1) is 0 Å². The Bertz CT molecular complexity index is 247. The predicted molar refractivity (Wildman–Crippen MR) is 56.3 cm³/mol. The van der Waals surface area contributed by atoms with E-state index < -0.39 is 0 Å². The van der Waals surface area contributed by atoms with E-state index in [0.717, 1.165) is 12.0 Å². The SMILES string of the molecule is CC(C)OCC12CCN1CC1(CC1)C2. The van der Waals surface area contributed by atoms with Crippen molar-refractivity contribution in [3.8, 4) is 0 Å². The first-order valence-corrected chi connectivity index (χ1v) is 6.01. The second kappa shape index (κ2) is 2.73. The van der Waals surface area contributed by atoms with Crippen LogP contribution in [-0.2, 0) is 4.74 Å². The largest absolute Gasteiger partial charge is 0.377 e. The molecule has 3 aliphatic rings. The molecule has 1 spiro atoms. The summed E-state index contributed by atoms with van der Waals surface area (Å²) < 4.78 is 5.83. The second-order valence-electron chi connectivity index (χ2n) is 5.93. The molecule has 1 aliphatic carbocycles. The summed E-state index contributed by atoms with van der Waals surface area (Å²) in [6.07, 6.45) is 6.15. The van der Waals surface area contributed by atoms with Crippen LogP contribution in [0.1, 0.15) is 39.5 Å². The van der Waals surface area contributed by atoms with Gasteiger partial charge in [0.15, 0.2) is 0 Å². The zero-order valence-electron chi connectivity index (χ0n) is 9.38. The van der Waals surface area contributed by atoms with E-state index in [4.69, 9.17) is 4.74 Å². The van der Waals surface area contributed by atoms with Crippen molar-refractivity contribution in [2.75, 3.05) is 19.7 Å². The van der Waals surface area contributed by atoms with Gasteiger partial charge in [-0.2, -0.15) is 0 Å². The van der Waals surface area contributed by atoms with Gasteiger partial charge in [0.1, 0.15) is 0 Å². The Morgan fingerprint density at radius 1 is 1.29 bits per heavy atom. The third-order valence-electron chi connectivity index (χ3n) is 4.39. The summed E-state index contributed by atoms with van der Waals surface area (Å²) in [7, 11) is 0. The van der Waals surface area contributed by atoms with Crippen LogP contribution in [0.15, 0.2) is 0 Å². The van der Waals surface area contributed by atoms with Crippen LogP contribution in [0, 0.1) is 5.41 Å². The van der Waals surface area contributed by atoms with Crippen LogP contribution in [-0.4, -0.2) is 36.2 Å². The average molecular weight is 195 g/mol. The molecule has 2 nitrogen and oxygen atoms in total. The van der Waals surface area contributed by atoms with Gasteiger partial charge in [-0.05, 0) is 44.9 Å². The van der Waals surface area contributed by atoms with Gasteiger partial charge >= 0.3 is 0 Å². The van der Waals surface area contributed by atoms with Crippen molar-refractivity contribution in [2.45, 2.75) is 51.2 Å². The van der Waals surface area contributed by atoms with Gasteiger partial charge in [0.05, 0.1) is 12.7 Å². The third-order valence-corrected chi connectivity index (χ3v) is 4.39. The Morgan fingerprint density at radius 2 is 2.07 bits per heavy atom. The predicted octanol–water partition coefficient (Wildman–Crippen LogP) is 2.04. The van der Waals surface area contributed by atoms with Crippen LogP contribution in [0.4, 0.5) is 0 Å². The number of rotatable bonds is 3. The van der Waals surface area contributed by atoms with Crippen molar-refractivity contribution in [3.05, 3.63) is 0 Å². The van der Waals surface area contributed by atoms with Gasteiger partial charge in [-0.1, -0.05) is 0 Å². The normalized spacial score (nSPS) is 38.8. The van der Waals surface area contributed by atoms with Crippen LogP contribution in [0.25, 0.3) is 0 Å². The van der Waals surface area contributed by atoms with E-state index >= 15 is 0 Å². The minimum absolute atomic E-state index is 0.391. The summed E-state index contributed by atoms with van der Waals surface area (Å²) >= 11 is 0. The molecule has 80 valence electrons. The molecule has 1 saturated carbocycles. The summed E-state index contributed by atoms with van der Waals surface area (Å²) in [5, 5.41) is 0. The fourth-order valence-corrected chi connectivity index (χ4v) is 3.24. The molecular formula is C12H21NO. The summed E-state index contributed by atoms with van der Waals surface area (Å²) in [5.41, 5.74) is 1.22. The molecule has 0 radical (unpaired) electrons. The average Bonchev–Trinajstić information content (AvgIpc) is 2.83. The van der Waals surface area contributed by atoms with E-state index in [-0.39, 0.29) is 0 Å². The number of fused-ring (bicyclic) bond motifs is 1. The molecule has 2 aliphatic heterocycles. The Morgan fingerprint density at radius 3 is 2.57 bits per heavy atom. The lowest BCUT2D eigenvalue weighted by atomic mass is 9.83. The van der Waals surface area contributed by atoms with Crippen LogP contribution in [0.5, 0.6) is 0 Å². The Labute approximate surface area is 86.6 Å². The van der Waals surface area contributed by atoms with Crippen LogP contribution in [0.3, 0.4) is 0 Å². The van der Waals surface area contributed by atoms with Crippen molar-refractivity contribution >= 4 is 0 Å². The third kappa shape index (κ3) is 1.24. The monoisotopic (exact) mass is 195 g/mol. The second-order valence-corrected chi connectivity index (χ2v) is 5.93. The topological polar surface area (TPSA) is 12.5 Å².